The largest absolute Gasteiger partial charge is 0.444 e. The lowest BCUT2D eigenvalue weighted by atomic mass is 10.0. The van der Waals surface area contributed by atoms with Crippen LogP contribution in [-0.2, 0) is 9.53 Å². The van der Waals surface area contributed by atoms with E-state index >= 15 is 0 Å². The fourth-order valence-electron chi connectivity index (χ4n) is 3.08. The Morgan fingerprint density at radius 1 is 1.03 bits per heavy atom. The molecule has 0 aliphatic carbocycles. The maximum atomic E-state index is 14.2. The fraction of sp³-hybridized carbons (Fsp3) is 0.391. The first-order valence-corrected chi connectivity index (χ1v) is 10.0. The molecule has 0 aliphatic heterocycles. The molecule has 0 saturated heterocycles. The highest BCUT2D eigenvalue weighted by Gasteiger charge is 2.26. The lowest BCUT2D eigenvalue weighted by molar-refractivity contribution is -0.121. The first-order valence-electron chi connectivity index (χ1n) is 10.0. The summed E-state index contributed by atoms with van der Waals surface area (Å²) in [4.78, 5) is 27.1. The summed E-state index contributed by atoms with van der Waals surface area (Å²) in [6, 6.07) is 13.0. The van der Waals surface area contributed by atoms with Gasteiger partial charge >= 0.3 is 6.09 Å². The van der Waals surface area contributed by atoms with Gasteiger partial charge < -0.3 is 10.1 Å². The van der Waals surface area contributed by atoms with Crippen LogP contribution in [0.15, 0.2) is 48.5 Å². The van der Waals surface area contributed by atoms with Crippen molar-refractivity contribution in [1.82, 2.24) is 4.90 Å². The third kappa shape index (κ3) is 6.56. The molecule has 0 aromatic heterocycles. The predicted molar refractivity (Wildman–Crippen MR) is 117 cm³/mol. The summed E-state index contributed by atoms with van der Waals surface area (Å²) in [5.41, 5.74) is 0.466. The second-order valence-electron chi connectivity index (χ2n) is 7.85. The van der Waals surface area contributed by atoms with Crippen molar-refractivity contribution in [3.05, 3.63) is 59.9 Å². The van der Waals surface area contributed by atoms with E-state index < -0.39 is 23.6 Å². The Hall–Kier alpha value is -2.93. The number of hydrogen-bond acceptors (Lipinski definition) is 4. The molecule has 1 unspecified atom stereocenters. The van der Waals surface area contributed by atoms with Crippen LogP contribution in [0.25, 0.3) is 0 Å². The zero-order chi connectivity index (χ0) is 22.3. The minimum absolute atomic E-state index is 0.0684. The van der Waals surface area contributed by atoms with Crippen LogP contribution in [0.5, 0.6) is 0 Å². The number of halogens is 1. The number of carbonyl (C=O) groups excluding carboxylic acids is 2. The second kappa shape index (κ2) is 10.2. The molecular formula is C23H30FN3O3. The first-order chi connectivity index (χ1) is 14.1. The van der Waals surface area contributed by atoms with Crippen LogP contribution < -0.4 is 10.6 Å². The molecule has 0 saturated carbocycles. The Kier molecular flexibility index (Phi) is 7.94. The zero-order valence-corrected chi connectivity index (χ0v) is 18.2. The molecule has 2 aromatic rings. The van der Waals surface area contributed by atoms with Crippen LogP contribution in [-0.4, -0.2) is 35.6 Å². The van der Waals surface area contributed by atoms with Crippen molar-refractivity contribution in [3.63, 3.8) is 0 Å². The molecule has 162 valence electrons. The first kappa shape index (κ1) is 23.3. The molecule has 2 N–H and O–H groups in total. The number of nitrogens with zero attached hydrogens (tertiary/aromatic N) is 1. The van der Waals surface area contributed by atoms with E-state index in [1.807, 2.05) is 49.1 Å². The van der Waals surface area contributed by atoms with E-state index in [-0.39, 0.29) is 11.6 Å². The van der Waals surface area contributed by atoms with Crippen molar-refractivity contribution in [3.8, 4) is 0 Å². The molecule has 7 heteroatoms. The van der Waals surface area contributed by atoms with E-state index in [1.165, 1.54) is 18.2 Å². The van der Waals surface area contributed by atoms with Gasteiger partial charge in [-0.3, -0.25) is 15.0 Å². The van der Waals surface area contributed by atoms with Crippen molar-refractivity contribution in [1.29, 1.82) is 0 Å². The van der Waals surface area contributed by atoms with Gasteiger partial charge in [0.2, 0.25) is 5.91 Å². The Labute approximate surface area is 177 Å². The molecular weight excluding hydrogens is 385 g/mol. The summed E-state index contributed by atoms with van der Waals surface area (Å²) < 4.78 is 19.3. The van der Waals surface area contributed by atoms with Gasteiger partial charge in [-0.2, -0.15) is 0 Å². The second-order valence-corrected chi connectivity index (χ2v) is 7.85. The van der Waals surface area contributed by atoms with Gasteiger partial charge in [-0.25, -0.2) is 9.18 Å². The number of amides is 2. The Balaban J connectivity index is 2.23. The minimum Gasteiger partial charge on any atom is -0.444 e. The molecule has 0 spiro atoms. The highest BCUT2D eigenvalue weighted by Crippen LogP contribution is 2.25. The summed E-state index contributed by atoms with van der Waals surface area (Å²) in [5, 5.41) is 5.23. The third-order valence-corrected chi connectivity index (χ3v) is 4.41. The number of nitrogens with one attached hydrogen (secondary N) is 2. The van der Waals surface area contributed by atoms with E-state index in [1.54, 1.807) is 20.8 Å². The number of anilines is 2. The van der Waals surface area contributed by atoms with Gasteiger partial charge in [-0.1, -0.05) is 44.2 Å². The molecule has 30 heavy (non-hydrogen) atoms. The van der Waals surface area contributed by atoms with Gasteiger partial charge in [0.25, 0.3) is 0 Å². The summed E-state index contributed by atoms with van der Waals surface area (Å²) in [7, 11) is 0. The maximum Gasteiger partial charge on any atom is 0.412 e. The summed E-state index contributed by atoms with van der Waals surface area (Å²) in [6.07, 6.45) is -0.768. The summed E-state index contributed by atoms with van der Waals surface area (Å²) >= 11 is 0. The average Bonchev–Trinajstić information content (AvgIpc) is 2.67. The lowest BCUT2D eigenvalue weighted by Gasteiger charge is -2.29. The smallest absolute Gasteiger partial charge is 0.412 e. The van der Waals surface area contributed by atoms with E-state index in [0.29, 0.717) is 18.8 Å². The van der Waals surface area contributed by atoms with Crippen molar-refractivity contribution < 1.29 is 18.7 Å². The number of likely N-dealkylation sites (N-methyl/N-ethyl adjacent to an activating group) is 1. The molecule has 1 atom stereocenters. The minimum atomic E-state index is -0.768. The molecule has 2 rings (SSSR count). The van der Waals surface area contributed by atoms with Gasteiger partial charge in [0, 0.05) is 5.69 Å². The Morgan fingerprint density at radius 3 is 2.23 bits per heavy atom. The van der Waals surface area contributed by atoms with Crippen LogP contribution in [0.1, 0.15) is 46.2 Å². The Bertz CT molecular complexity index is 862. The molecule has 0 heterocycles. The van der Waals surface area contributed by atoms with Gasteiger partial charge in [0.15, 0.2) is 0 Å². The van der Waals surface area contributed by atoms with E-state index in [9.17, 15) is 14.0 Å². The molecule has 0 radical (unpaired) electrons. The zero-order valence-electron chi connectivity index (χ0n) is 18.2. The maximum absolute atomic E-state index is 14.2. The lowest BCUT2D eigenvalue weighted by Crippen LogP contribution is -2.37. The number of benzene rings is 2. The highest BCUT2D eigenvalue weighted by atomic mass is 19.1. The van der Waals surface area contributed by atoms with Crippen molar-refractivity contribution in [2.24, 2.45) is 0 Å². The number of carbonyl (C=O) groups is 2. The number of hydrogen-bond donors (Lipinski definition) is 2. The Morgan fingerprint density at radius 2 is 1.67 bits per heavy atom. The number of ether oxygens (including phenoxy) is 1. The van der Waals surface area contributed by atoms with Gasteiger partial charge in [-0.15, -0.1) is 0 Å². The van der Waals surface area contributed by atoms with Crippen LogP contribution in [0.2, 0.25) is 0 Å². The monoisotopic (exact) mass is 415 g/mol. The molecule has 0 aliphatic rings. The van der Waals surface area contributed by atoms with Gasteiger partial charge in [-0.05, 0) is 57.6 Å². The summed E-state index contributed by atoms with van der Waals surface area (Å²) in [6.45, 7) is 10.5. The summed E-state index contributed by atoms with van der Waals surface area (Å²) in [5.74, 6) is -0.859. The fourth-order valence-corrected chi connectivity index (χ4v) is 3.08. The van der Waals surface area contributed by atoms with Gasteiger partial charge in [0.05, 0.1) is 5.69 Å². The SMILES string of the molecule is CCN(CC)C(C(=O)Nc1ccc(F)c(NC(=O)OC(C)(C)C)c1)c1ccccc1. The van der Waals surface area contributed by atoms with Crippen molar-refractivity contribution in [2.45, 2.75) is 46.3 Å². The van der Waals surface area contributed by atoms with Crippen molar-refractivity contribution in [2.75, 3.05) is 23.7 Å². The molecule has 0 bridgehead atoms. The van der Waals surface area contributed by atoms with Crippen LogP contribution in [0.3, 0.4) is 0 Å². The quantitative estimate of drug-likeness (QED) is 0.653. The van der Waals surface area contributed by atoms with Crippen molar-refractivity contribution >= 4 is 23.4 Å². The van der Waals surface area contributed by atoms with Gasteiger partial charge in [0.1, 0.15) is 17.5 Å². The number of rotatable bonds is 7. The predicted octanol–water partition coefficient (Wildman–Crippen LogP) is 5.19. The highest BCUT2D eigenvalue weighted by molar-refractivity contribution is 5.96. The van der Waals surface area contributed by atoms with E-state index in [0.717, 1.165) is 5.56 Å². The standard InChI is InChI=1S/C23H30FN3O3/c1-6-27(7-2)20(16-11-9-8-10-12-16)21(28)25-17-13-14-18(24)19(15-17)26-22(29)30-23(3,4)5/h8-15,20H,6-7H2,1-5H3,(H,25,28)(H,26,29). The topological polar surface area (TPSA) is 70.7 Å². The van der Waals surface area contributed by atoms with Crippen LogP contribution in [0.4, 0.5) is 20.6 Å². The van der Waals surface area contributed by atoms with Crippen LogP contribution >= 0.6 is 0 Å². The van der Waals surface area contributed by atoms with E-state index in [4.69, 9.17) is 4.74 Å². The van der Waals surface area contributed by atoms with E-state index in [2.05, 4.69) is 10.6 Å². The molecule has 0 fully saturated rings. The molecule has 2 aromatic carbocycles. The third-order valence-electron chi connectivity index (χ3n) is 4.41. The average molecular weight is 416 g/mol. The normalized spacial score (nSPS) is 12.4. The molecule has 6 nitrogen and oxygen atoms in total. The van der Waals surface area contributed by atoms with Crippen LogP contribution in [0, 0.1) is 5.82 Å². The molecule has 2 amide bonds.